The average Bonchev–Trinajstić information content (AvgIpc) is 3.39. The lowest BCUT2D eigenvalue weighted by Crippen LogP contribution is -2.27. The minimum atomic E-state index is -0.131. The first-order valence-electron chi connectivity index (χ1n) is 9.24. The Morgan fingerprint density at radius 3 is 2.50 bits per heavy atom. The van der Waals surface area contributed by atoms with Crippen LogP contribution >= 0.6 is 0 Å². The van der Waals surface area contributed by atoms with E-state index in [4.69, 9.17) is 5.10 Å². The predicted octanol–water partition coefficient (Wildman–Crippen LogP) is 4.55. The van der Waals surface area contributed by atoms with Crippen LogP contribution in [0, 0.1) is 0 Å². The first-order chi connectivity index (χ1) is 13.8. The van der Waals surface area contributed by atoms with E-state index >= 15 is 0 Å². The topological polar surface area (TPSA) is 61.4 Å². The van der Waals surface area contributed by atoms with Crippen molar-refractivity contribution >= 4 is 22.5 Å². The van der Waals surface area contributed by atoms with E-state index < -0.39 is 0 Å². The largest absolute Gasteiger partial charge is 0.352 e. The van der Waals surface area contributed by atoms with Crippen molar-refractivity contribution in [2.24, 2.45) is 5.10 Å². The molecule has 1 N–H and O–H groups in total. The van der Waals surface area contributed by atoms with Crippen LogP contribution in [0.4, 0.5) is 0 Å². The Morgan fingerprint density at radius 1 is 1.00 bits per heavy atom. The molecular formula is C23H18N4O. The highest BCUT2D eigenvalue weighted by atomic mass is 16.2. The summed E-state index contributed by atoms with van der Waals surface area (Å²) in [6.45, 7) is 0. The Bertz CT molecular complexity index is 1130. The molecular weight excluding hydrogens is 348 g/mol. The van der Waals surface area contributed by atoms with Crippen molar-refractivity contribution in [3.63, 3.8) is 0 Å². The molecule has 0 saturated carbocycles. The van der Waals surface area contributed by atoms with Gasteiger partial charge in [-0.25, -0.2) is 5.01 Å². The third-order valence-electron chi connectivity index (χ3n) is 5.06. The fourth-order valence-electron chi connectivity index (χ4n) is 3.64. The molecule has 0 bridgehead atoms. The summed E-state index contributed by atoms with van der Waals surface area (Å²) in [6.07, 6.45) is 4.23. The average molecular weight is 366 g/mol. The monoisotopic (exact) mass is 366 g/mol. The summed E-state index contributed by atoms with van der Waals surface area (Å²) in [7, 11) is 0. The Hall–Kier alpha value is -3.73. The molecule has 0 fully saturated rings. The molecule has 0 spiro atoms. The van der Waals surface area contributed by atoms with E-state index in [0.29, 0.717) is 12.0 Å². The molecule has 5 nitrogen and oxygen atoms in total. The molecule has 0 aliphatic carbocycles. The summed E-state index contributed by atoms with van der Waals surface area (Å²) in [6, 6.07) is 23.3. The van der Waals surface area contributed by atoms with Crippen LogP contribution in [0.5, 0.6) is 0 Å². The van der Waals surface area contributed by atoms with Gasteiger partial charge in [-0.3, -0.25) is 9.78 Å². The molecule has 4 aromatic rings. The molecule has 5 rings (SSSR count). The molecule has 0 saturated heterocycles. The predicted molar refractivity (Wildman–Crippen MR) is 109 cm³/mol. The van der Waals surface area contributed by atoms with E-state index in [1.807, 2.05) is 66.7 Å². The quantitative estimate of drug-likeness (QED) is 0.578. The highest BCUT2D eigenvalue weighted by Gasteiger charge is 2.34. The van der Waals surface area contributed by atoms with Gasteiger partial charge in [0.25, 0.3) is 5.91 Å². The Kier molecular flexibility index (Phi) is 3.98. The number of pyridine rings is 1. The van der Waals surface area contributed by atoms with Gasteiger partial charge in [0, 0.05) is 23.6 Å². The number of fused-ring (bicyclic) bond motifs is 1. The normalized spacial score (nSPS) is 16.4. The van der Waals surface area contributed by atoms with Crippen molar-refractivity contribution in [2.45, 2.75) is 12.5 Å². The standard InChI is InChI=1S/C23H18N4O/c28-23(17-9-5-2-6-10-17)27-22(16-7-3-1-4-8-16)14-20(26-27)19-13-18-11-12-24-15-21(18)25-19/h1-13,15,22,25H,14H2. The van der Waals surface area contributed by atoms with Crippen LogP contribution in [-0.2, 0) is 0 Å². The summed E-state index contributed by atoms with van der Waals surface area (Å²) in [5.74, 6) is -0.0952. The van der Waals surface area contributed by atoms with Gasteiger partial charge in [-0.15, -0.1) is 0 Å². The summed E-state index contributed by atoms with van der Waals surface area (Å²) >= 11 is 0. The maximum absolute atomic E-state index is 13.2. The number of amides is 1. The number of benzene rings is 2. The summed E-state index contributed by atoms with van der Waals surface area (Å²) < 4.78 is 0. The second kappa shape index (κ2) is 6.78. The van der Waals surface area contributed by atoms with E-state index in [2.05, 4.69) is 16.0 Å². The van der Waals surface area contributed by atoms with Crippen LogP contribution < -0.4 is 0 Å². The molecule has 2 aromatic carbocycles. The summed E-state index contributed by atoms with van der Waals surface area (Å²) in [5.41, 5.74) is 4.46. The zero-order chi connectivity index (χ0) is 18.9. The van der Waals surface area contributed by atoms with Crippen molar-refractivity contribution in [3.05, 3.63) is 102 Å². The molecule has 1 amide bonds. The van der Waals surface area contributed by atoms with Gasteiger partial charge in [-0.2, -0.15) is 5.10 Å². The van der Waals surface area contributed by atoms with Gasteiger partial charge in [0.1, 0.15) is 0 Å². The van der Waals surface area contributed by atoms with Crippen molar-refractivity contribution < 1.29 is 4.79 Å². The van der Waals surface area contributed by atoms with Crippen LogP contribution in [0.1, 0.15) is 34.1 Å². The lowest BCUT2D eigenvalue weighted by Gasteiger charge is -2.22. The van der Waals surface area contributed by atoms with Crippen LogP contribution in [0.3, 0.4) is 0 Å². The Morgan fingerprint density at radius 2 is 1.75 bits per heavy atom. The van der Waals surface area contributed by atoms with Gasteiger partial charge < -0.3 is 4.98 Å². The number of aromatic amines is 1. The van der Waals surface area contributed by atoms with Crippen LogP contribution in [0.2, 0.25) is 0 Å². The lowest BCUT2D eigenvalue weighted by atomic mass is 10.00. The van der Waals surface area contributed by atoms with Crippen molar-refractivity contribution in [1.82, 2.24) is 15.0 Å². The van der Waals surface area contributed by atoms with E-state index in [-0.39, 0.29) is 11.9 Å². The number of rotatable bonds is 3. The molecule has 1 atom stereocenters. The molecule has 2 aromatic heterocycles. The second-order valence-electron chi connectivity index (χ2n) is 6.84. The summed E-state index contributed by atoms with van der Waals surface area (Å²) in [5, 5.41) is 7.43. The lowest BCUT2D eigenvalue weighted by molar-refractivity contribution is 0.0711. The third kappa shape index (κ3) is 2.87. The minimum absolute atomic E-state index is 0.0952. The minimum Gasteiger partial charge on any atom is -0.352 e. The second-order valence-corrected chi connectivity index (χ2v) is 6.84. The van der Waals surface area contributed by atoms with Crippen LogP contribution in [-0.4, -0.2) is 26.6 Å². The molecule has 5 heteroatoms. The molecule has 1 aliphatic rings. The van der Waals surface area contributed by atoms with Gasteiger partial charge >= 0.3 is 0 Å². The zero-order valence-corrected chi connectivity index (χ0v) is 15.1. The number of nitrogens with one attached hydrogen (secondary N) is 1. The number of hydrogen-bond acceptors (Lipinski definition) is 3. The van der Waals surface area contributed by atoms with Crippen LogP contribution in [0.25, 0.3) is 10.9 Å². The fraction of sp³-hybridized carbons (Fsp3) is 0.0870. The highest BCUT2D eigenvalue weighted by Crippen LogP contribution is 2.34. The molecule has 28 heavy (non-hydrogen) atoms. The van der Waals surface area contributed by atoms with E-state index in [1.165, 1.54) is 0 Å². The first kappa shape index (κ1) is 16.4. The first-order valence-corrected chi connectivity index (χ1v) is 9.24. The molecule has 3 heterocycles. The molecule has 0 radical (unpaired) electrons. The van der Waals surface area contributed by atoms with E-state index in [0.717, 1.165) is 27.9 Å². The Balaban J connectivity index is 1.56. The number of hydrogen-bond donors (Lipinski definition) is 1. The van der Waals surface area contributed by atoms with Gasteiger partial charge in [0.05, 0.1) is 29.2 Å². The smallest absolute Gasteiger partial charge is 0.274 e. The van der Waals surface area contributed by atoms with Crippen molar-refractivity contribution in [2.75, 3.05) is 0 Å². The van der Waals surface area contributed by atoms with Gasteiger partial charge in [0.15, 0.2) is 0 Å². The third-order valence-corrected chi connectivity index (χ3v) is 5.06. The zero-order valence-electron chi connectivity index (χ0n) is 15.1. The van der Waals surface area contributed by atoms with Crippen molar-refractivity contribution in [1.29, 1.82) is 0 Å². The number of hydrazone groups is 1. The number of H-pyrrole nitrogens is 1. The SMILES string of the molecule is O=C(c1ccccc1)N1N=C(c2cc3ccncc3[nH]2)CC1c1ccccc1. The number of aromatic nitrogens is 2. The van der Waals surface area contributed by atoms with Crippen LogP contribution in [0.15, 0.2) is 90.3 Å². The molecule has 1 aliphatic heterocycles. The fourth-order valence-corrected chi connectivity index (χ4v) is 3.64. The maximum atomic E-state index is 13.2. The number of carbonyl (C=O) groups is 1. The Labute approximate surface area is 162 Å². The molecule has 1 unspecified atom stereocenters. The summed E-state index contributed by atoms with van der Waals surface area (Å²) in [4.78, 5) is 20.7. The van der Waals surface area contributed by atoms with Gasteiger partial charge in [-0.1, -0.05) is 48.5 Å². The number of nitrogens with zero attached hydrogens (tertiary/aromatic N) is 3. The van der Waals surface area contributed by atoms with E-state index in [1.54, 1.807) is 17.4 Å². The van der Waals surface area contributed by atoms with Crippen molar-refractivity contribution in [3.8, 4) is 0 Å². The van der Waals surface area contributed by atoms with Gasteiger partial charge in [0.2, 0.25) is 0 Å². The molecule has 136 valence electrons. The van der Waals surface area contributed by atoms with Gasteiger partial charge in [-0.05, 0) is 29.8 Å². The number of carbonyl (C=O) groups excluding carboxylic acids is 1. The maximum Gasteiger partial charge on any atom is 0.274 e. The highest BCUT2D eigenvalue weighted by molar-refractivity contribution is 6.06. The van der Waals surface area contributed by atoms with E-state index in [9.17, 15) is 4.79 Å².